The van der Waals surface area contributed by atoms with Crippen molar-refractivity contribution in [2.24, 2.45) is 0 Å². The molecule has 17 heavy (non-hydrogen) atoms. The third kappa shape index (κ3) is 2.59. The molecule has 0 amide bonds. The molecule has 1 aromatic rings. The van der Waals surface area contributed by atoms with Gasteiger partial charge in [-0.3, -0.25) is 0 Å². The van der Waals surface area contributed by atoms with Gasteiger partial charge in [0, 0.05) is 16.9 Å². The smallest absolute Gasteiger partial charge is 0.166 e. The van der Waals surface area contributed by atoms with Crippen LogP contribution in [0.1, 0.15) is 18.1 Å². The van der Waals surface area contributed by atoms with Crippen molar-refractivity contribution in [3.05, 3.63) is 41.3 Å². The molecule has 0 heterocycles. The van der Waals surface area contributed by atoms with Crippen LogP contribution in [0.2, 0.25) is 0 Å². The van der Waals surface area contributed by atoms with E-state index in [1.54, 1.807) is 0 Å². The SMILES string of the molecule is [CH2]c1c(F)c(F)c(CS(=O)(=O)CC)c(F)c1F. The fourth-order valence-corrected chi connectivity index (χ4v) is 2.07. The van der Waals surface area contributed by atoms with Gasteiger partial charge in [0.1, 0.15) is 0 Å². The highest BCUT2D eigenvalue weighted by Crippen LogP contribution is 2.25. The highest BCUT2D eigenvalue weighted by Gasteiger charge is 2.25. The van der Waals surface area contributed by atoms with Gasteiger partial charge in [0.15, 0.2) is 33.1 Å². The second-order valence-electron chi connectivity index (χ2n) is 3.39. The zero-order valence-electron chi connectivity index (χ0n) is 8.86. The van der Waals surface area contributed by atoms with Gasteiger partial charge < -0.3 is 0 Å². The Morgan fingerprint density at radius 3 is 1.76 bits per heavy atom. The minimum atomic E-state index is -3.80. The maximum atomic E-state index is 13.3. The highest BCUT2D eigenvalue weighted by atomic mass is 32.2. The molecule has 0 saturated heterocycles. The summed E-state index contributed by atoms with van der Waals surface area (Å²) in [6, 6.07) is 0. The van der Waals surface area contributed by atoms with Gasteiger partial charge in [-0.25, -0.2) is 26.0 Å². The summed E-state index contributed by atoms with van der Waals surface area (Å²) < 4.78 is 75.1. The monoisotopic (exact) mass is 269 g/mol. The van der Waals surface area contributed by atoms with E-state index in [4.69, 9.17) is 0 Å². The van der Waals surface area contributed by atoms with Crippen molar-refractivity contribution in [1.82, 2.24) is 0 Å². The van der Waals surface area contributed by atoms with Crippen LogP contribution in [0.3, 0.4) is 0 Å². The molecule has 0 fully saturated rings. The van der Waals surface area contributed by atoms with Crippen molar-refractivity contribution in [3.8, 4) is 0 Å². The normalized spacial score (nSPS) is 11.9. The van der Waals surface area contributed by atoms with E-state index in [-0.39, 0.29) is 5.75 Å². The maximum absolute atomic E-state index is 13.3. The van der Waals surface area contributed by atoms with Crippen LogP contribution in [-0.2, 0) is 15.6 Å². The van der Waals surface area contributed by atoms with Gasteiger partial charge >= 0.3 is 0 Å². The van der Waals surface area contributed by atoms with E-state index in [1.807, 2.05) is 0 Å². The molecule has 0 aliphatic rings. The molecule has 1 radical (unpaired) electrons. The molecule has 0 unspecified atom stereocenters. The van der Waals surface area contributed by atoms with Gasteiger partial charge in [-0.2, -0.15) is 0 Å². The van der Waals surface area contributed by atoms with E-state index in [1.165, 1.54) is 6.92 Å². The molecule has 95 valence electrons. The number of hydrogen-bond acceptors (Lipinski definition) is 2. The Kier molecular flexibility index (Phi) is 3.81. The molecular weight excluding hydrogens is 260 g/mol. The zero-order valence-corrected chi connectivity index (χ0v) is 9.67. The van der Waals surface area contributed by atoms with E-state index < -0.39 is 50.0 Å². The Labute approximate surface area is 96.2 Å². The third-order valence-electron chi connectivity index (χ3n) is 2.25. The Morgan fingerprint density at radius 1 is 1.00 bits per heavy atom. The molecule has 1 aromatic carbocycles. The zero-order chi connectivity index (χ0) is 13.4. The Morgan fingerprint density at radius 2 is 1.41 bits per heavy atom. The van der Waals surface area contributed by atoms with Gasteiger partial charge in [-0.05, 0) is 6.92 Å². The van der Waals surface area contributed by atoms with E-state index >= 15 is 0 Å². The Hall–Kier alpha value is -1.11. The fourth-order valence-electron chi connectivity index (χ4n) is 1.17. The van der Waals surface area contributed by atoms with Crippen LogP contribution in [0.15, 0.2) is 0 Å². The number of hydrogen-bond donors (Lipinski definition) is 0. The highest BCUT2D eigenvalue weighted by molar-refractivity contribution is 7.90. The van der Waals surface area contributed by atoms with Crippen LogP contribution < -0.4 is 0 Å². The first kappa shape index (κ1) is 14.0. The number of rotatable bonds is 3. The Balaban J connectivity index is 3.45. The van der Waals surface area contributed by atoms with E-state index in [9.17, 15) is 26.0 Å². The summed E-state index contributed by atoms with van der Waals surface area (Å²) >= 11 is 0. The number of sulfone groups is 1. The molecule has 0 aliphatic heterocycles. The Bertz CT molecular complexity index is 523. The van der Waals surface area contributed by atoms with E-state index in [2.05, 4.69) is 6.92 Å². The molecule has 0 saturated carbocycles. The van der Waals surface area contributed by atoms with Gasteiger partial charge in [-0.1, -0.05) is 6.92 Å². The summed E-state index contributed by atoms with van der Waals surface area (Å²) in [7, 11) is -3.80. The molecule has 1 rings (SSSR count). The first-order valence-electron chi connectivity index (χ1n) is 4.58. The van der Waals surface area contributed by atoms with Gasteiger partial charge in [0.2, 0.25) is 0 Å². The molecule has 0 spiro atoms. The van der Waals surface area contributed by atoms with Crippen molar-refractivity contribution in [2.45, 2.75) is 12.7 Å². The summed E-state index contributed by atoms with van der Waals surface area (Å²) in [6.07, 6.45) is 0. The minimum Gasteiger partial charge on any atom is -0.229 e. The van der Waals surface area contributed by atoms with Gasteiger partial charge in [0.25, 0.3) is 0 Å². The summed E-state index contributed by atoms with van der Waals surface area (Å²) in [5.41, 5.74) is -2.19. The van der Waals surface area contributed by atoms with E-state index in [0.717, 1.165) is 0 Å². The lowest BCUT2D eigenvalue weighted by Crippen LogP contribution is -2.13. The quantitative estimate of drug-likeness (QED) is 0.623. The topological polar surface area (TPSA) is 34.1 Å². The van der Waals surface area contributed by atoms with Crippen LogP contribution >= 0.6 is 0 Å². The van der Waals surface area contributed by atoms with Gasteiger partial charge in [0.05, 0.1) is 5.75 Å². The largest absolute Gasteiger partial charge is 0.229 e. The van der Waals surface area contributed by atoms with Gasteiger partial charge in [-0.15, -0.1) is 0 Å². The summed E-state index contributed by atoms with van der Waals surface area (Å²) in [5, 5.41) is 0. The van der Waals surface area contributed by atoms with Crippen LogP contribution in [-0.4, -0.2) is 14.2 Å². The lowest BCUT2D eigenvalue weighted by molar-refractivity contribution is 0.438. The molecule has 0 aliphatic carbocycles. The van der Waals surface area contributed by atoms with Crippen LogP contribution in [0.5, 0.6) is 0 Å². The first-order chi connectivity index (χ1) is 7.71. The lowest BCUT2D eigenvalue weighted by atomic mass is 10.1. The van der Waals surface area contributed by atoms with Crippen molar-refractivity contribution in [3.63, 3.8) is 0 Å². The second kappa shape index (κ2) is 4.64. The first-order valence-corrected chi connectivity index (χ1v) is 6.40. The van der Waals surface area contributed by atoms with Crippen LogP contribution in [0.4, 0.5) is 17.6 Å². The van der Waals surface area contributed by atoms with Crippen molar-refractivity contribution in [1.29, 1.82) is 0 Å². The van der Waals surface area contributed by atoms with Crippen molar-refractivity contribution >= 4 is 9.84 Å². The number of benzene rings is 1. The molecule has 0 bridgehead atoms. The minimum absolute atomic E-state index is 0.388. The van der Waals surface area contributed by atoms with Crippen LogP contribution in [0, 0.1) is 30.2 Å². The fraction of sp³-hybridized carbons (Fsp3) is 0.300. The predicted octanol–water partition coefficient (Wildman–Crippen LogP) is 2.36. The van der Waals surface area contributed by atoms with Crippen molar-refractivity contribution in [2.75, 3.05) is 5.75 Å². The molecule has 0 N–H and O–H groups in total. The molecular formula is C10H9F4O2S. The predicted molar refractivity (Wildman–Crippen MR) is 53.9 cm³/mol. The molecule has 0 atom stereocenters. The average Bonchev–Trinajstić information content (AvgIpc) is 2.30. The lowest BCUT2D eigenvalue weighted by Gasteiger charge is -2.09. The molecule has 0 aromatic heterocycles. The summed E-state index contributed by atoms with van der Waals surface area (Å²) in [5.74, 6) is -8.26. The van der Waals surface area contributed by atoms with Crippen LogP contribution in [0.25, 0.3) is 0 Å². The standard InChI is InChI=1S/C10H9F4O2S/c1-3-17(15,16)4-6-9(13)7(11)5(2)8(12)10(6)14/h2-4H2,1H3. The molecule has 2 nitrogen and oxygen atoms in total. The maximum Gasteiger partial charge on any atom is 0.166 e. The second-order valence-corrected chi connectivity index (χ2v) is 5.74. The van der Waals surface area contributed by atoms with E-state index in [0.29, 0.717) is 0 Å². The summed E-state index contributed by atoms with van der Waals surface area (Å²) in [6.45, 7) is 4.08. The van der Waals surface area contributed by atoms with Crippen molar-refractivity contribution < 1.29 is 26.0 Å². The summed E-state index contributed by atoms with van der Waals surface area (Å²) in [4.78, 5) is 0. The molecule has 7 heteroatoms. The average molecular weight is 269 g/mol. The number of halogens is 4. The third-order valence-corrected chi connectivity index (χ3v) is 3.86.